The van der Waals surface area contributed by atoms with Gasteiger partial charge in [0.05, 0.1) is 6.42 Å². The van der Waals surface area contributed by atoms with E-state index in [0.717, 1.165) is 22.3 Å². The summed E-state index contributed by atoms with van der Waals surface area (Å²) in [6, 6.07) is 25.2. The Bertz CT molecular complexity index is 863. The van der Waals surface area contributed by atoms with Crippen molar-refractivity contribution in [1.82, 2.24) is 5.32 Å². The van der Waals surface area contributed by atoms with Gasteiger partial charge in [0.25, 0.3) is 0 Å². The lowest BCUT2D eigenvalue weighted by atomic mass is 9.93. The number of aliphatic carboxylic acids is 1. The van der Waals surface area contributed by atoms with Gasteiger partial charge in [-0.25, -0.2) is 0 Å². The van der Waals surface area contributed by atoms with E-state index in [-0.39, 0.29) is 12.5 Å². The first-order chi connectivity index (χ1) is 12.6. The summed E-state index contributed by atoms with van der Waals surface area (Å²) in [6.45, 7) is 0.605. The Morgan fingerprint density at radius 1 is 0.923 bits per heavy atom. The van der Waals surface area contributed by atoms with Gasteiger partial charge in [0.15, 0.2) is 0 Å². The maximum atomic E-state index is 11.4. The summed E-state index contributed by atoms with van der Waals surface area (Å²) < 4.78 is 0. The largest absolute Gasteiger partial charge is 0.481 e. The van der Waals surface area contributed by atoms with E-state index in [1.165, 1.54) is 0 Å². The van der Waals surface area contributed by atoms with Gasteiger partial charge in [-0.2, -0.15) is 0 Å². The number of carbonyl (C=O) groups is 1. The Balaban J connectivity index is 1.91. The Morgan fingerprint density at radius 2 is 1.58 bits per heavy atom. The number of hydrogen-bond acceptors (Lipinski definition) is 2. The van der Waals surface area contributed by atoms with Crippen LogP contribution in [0.1, 0.15) is 23.6 Å². The molecule has 3 rings (SSSR count). The Labute approximate surface area is 158 Å². The normalized spacial score (nSPS) is 11.9. The minimum atomic E-state index is -0.832. The highest BCUT2D eigenvalue weighted by Crippen LogP contribution is 2.31. The van der Waals surface area contributed by atoms with Crippen LogP contribution in [0.5, 0.6) is 0 Å². The molecule has 1 atom stereocenters. The molecule has 0 unspecified atom stereocenters. The first-order valence-corrected chi connectivity index (χ1v) is 8.85. The molecule has 0 radical (unpaired) electrons. The molecule has 3 aromatic carbocycles. The lowest BCUT2D eigenvalue weighted by Gasteiger charge is -2.21. The van der Waals surface area contributed by atoms with Crippen LogP contribution in [0.3, 0.4) is 0 Å². The van der Waals surface area contributed by atoms with Gasteiger partial charge in [-0.1, -0.05) is 78.3 Å². The molecule has 132 valence electrons. The first kappa shape index (κ1) is 18.2. The van der Waals surface area contributed by atoms with Crippen LogP contribution < -0.4 is 5.32 Å². The smallest absolute Gasteiger partial charge is 0.305 e. The van der Waals surface area contributed by atoms with Crippen LogP contribution in [0.25, 0.3) is 11.1 Å². The fraction of sp³-hybridized carbons (Fsp3) is 0.136. The summed E-state index contributed by atoms with van der Waals surface area (Å²) in [5.74, 6) is -0.832. The summed E-state index contributed by atoms with van der Waals surface area (Å²) >= 11 is 6.00. The van der Waals surface area contributed by atoms with Crippen LogP contribution in [0.2, 0.25) is 5.02 Å². The molecule has 0 bridgehead atoms. The zero-order valence-corrected chi connectivity index (χ0v) is 15.0. The molecule has 2 N–H and O–H groups in total. The highest BCUT2D eigenvalue weighted by atomic mass is 35.5. The highest BCUT2D eigenvalue weighted by molar-refractivity contribution is 6.30. The zero-order valence-electron chi connectivity index (χ0n) is 14.2. The first-order valence-electron chi connectivity index (χ1n) is 8.47. The molecule has 0 heterocycles. The van der Waals surface area contributed by atoms with Crippen molar-refractivity contribution in [3.8, 4) is 11.1 Å². The van der Waals surface area contributed by atoms with Crippen molar-refractivity contribution >= 4 is 17.6 Å². The van der Waals surface area contributed by atoms with Crippen LogP contribution in [0.4, 0.5) is 0 Å². The molecule has 0 saturated carbocycles. The number of benzene rings is 3. The van der Waals surface area contributed by atoms with Crippen molar-refractivity contribution < 1.29 is 9.90 Å². The SMILES string of the molecule is O=C(O)C[C@@H](NCc1ccccc1)c1ccccc1-c1ccc(Cl)cc1. The maximum Gasteiger partial charge on any atom is 0.305 e. The average Bonchev–Trinajstić information content (AvgIpc) is 2.66. The monoisotopic (exact) mass is 365 g/mol. The van der Waals surface area contributed by atoms with E-state index >= 15 is 0 Å². The summed E-state index contributed by atoms with van der Waals surface area (Å²) in [5.41, 5.74) is 4.11. The third-order valence-electron chi connectivity index (χ3n) is 4.27. The van der Waals surface area contributed by atoms with E-state index in [9.17, 15) is 9.90 Å². The molecule has 0 fully saturated rings. The fourth-order valence-electron chi connectivity index (χ4n) is 3.00. The number of halogens is 1. The quantitative estimate of drug-likeness (QED) is 0.596. The number of nitrogens with one attached hydrogen (secondary N) is 1. The van der Waals surface area contributed by atoms with E-state index in [1.807, 2.05) is 78.9 Å². The lowest BCUT2D eigenvalue weighted by Crippen LogP contribution is -2.24. The number of rotatable bonds is 7. The standard InChI is InChI=1S/C22H20ClNO2/c23-18-12-10-17(11-13-18)19-8-4-5-9-20(19)21(14-22(25)26)24-15-16-6-2-1-3-7-16/h1-13,21,24H,14-15H2,(H,25,26)/t21-/m1/s1. The number of carboxylic acid groups (broad SMARTS) is 1. The molecule has 0 aliphatic heterocycles. The molecule has 0 spiro atoms. The molecule has 3 aromatic rings. The van der Waals surface area contributed by atoms with Gasteiger partial charge in [-0.15, -0.1) is 0 Å². The predicted molar refractivity (Wildman–Crippen MR) is 105 cm³/mol. The molecule has 26 heavy (non-hydrogen) atoms. The molecule has 0 aliphatic rings. The zero-order chi connectivity index (χ0) is 18.4. The van der Waals surface area contributed by atoms with Crippen molar-refractivity contribution in [2.45, 2.75) is 19.0 Å². The summed E-state index contributed by atoms with van der Waals surface area (Å²) in [7, 11) is 0. The third kappa shape index (κ3) is 4.72. The second-order valence-electron chi connectivity index (χ2n) is 6.11. The van der Waals surface area contributed by atoms with Crippen LogP contribution >= 0.6 is 11.6 Å². The van der Waals surface area contributed by atoms with Crippen LogP contribution in [0, 0.1) is 0 Å². The molecular weight excluding hydrogens is 346 g/mol. The minimum absolute atomic E-state index is 0.0113. The summed E-state index contributed by atoms with van der Waals surface area (Å²) in [4.78, 5) is 11.4. The second kappa shape index (κ2) is 8.65. The van der Waals surface area contributed by atoms with E-state index < -0.39 is 5.97 Å². The molecule has 0 aromatic heterocycles. The topological polar surface area (TPSA) is 49.3 Å². The molecule has 0 aliphatic carbocycles. The van der Waals surface area contributed by atoms with E-state index in [1.54, 1.807) is 0 Å². The minimum Gasteiger partial charge on any atom is -0.481 e. The average molecular weight is 366 g/mol. The van der Waals surface area contributed by atoms with Gasteiger partial charge in [-0.3, -0.25) is 4.79 Å². The van der Waals surface area contributed by atoms with Gasteiger partial charge in [-0.05, 0) is 34.4 Å². The van der Waals surface area contributed by atoms with E-state index in [0.29, 0.717) is 11.6 Å². The number of hydrogen-bond donors (Lipinski definition) is 2. The van der Waals surface area contributed by atoms with Gasteiger partial charge >= 0.3 is 5.97 Å². The summed E-state index contributed by atoms with van der Waals surface area (Å²) in [5, 5.41) is 13.5. The maximum absolute atomic E-state index is 11.4. The van der Waals surface area contributed by atoms with Crippen LogP contribution in [-0.2, 0) is 11.3 Å². The molecule has 3 nitrogen and oxygen atoms in total. The van der Waals surface area contributed by atoms with Crippen molar-refractivity contribution in [3.63, 3.8) is 0 Å². The highest BCUT2D eigenvalue weighted by Gasteiger charge is 2.19. The van der Waals surface area contributed by atoms with E-state index in [2.05, 4.69) is 5.32 Å². The predicted octanol–water partition coefficient (Wildman–Crippen LogP) is 5.31. The summed E-state index contributed by atoms with van der Waals surface area (Å²) in [6.07, 6.45) is 0.0113. The van der Waals surface area contributed by atoms with Gasteiger partial charge in [0.1, 0.15) is 0 Å². The van der Waals surface area contributed by atoms with Crippen LogP contribution in [-0.4, -0.2) is 11.1 Å². The lowest BCUT2D eigenvalue weighted by molar-refractivity contribution is -0.137. The van der Waals surface area contributed by atoms with Crippen molar-refractivity contribution in [3.05, 3.63) is 95.0 Å². The Morgan fingerprint density at radius 3 is 2.27 bits per heavy atom. The molecular formula is C22H20ClNO2. The van der Waals surface area contributed by atoms with Gasteiger partial charge in [0.2, 0.25) is 0 Å². The molecule has 4 heteroatoms. The Kier molecular flexibility index (Phi) is 6.05. The van der Waals surface area contributed by atoms with Gasteiger partial charge < -0.3 is 10.4 Å². The fourth-order valence-corrected chi connectivity index (χ4v) is 3.12. The number of carboxylic acids is 1. The third-order valence-corrected chi connectivity index (χ3v) is 4.52. The van der Waals surface area contributed by atoms with Crippen molar-refractivity contribution in [2.75, 3.05) is 0 Å². The van der Waals surface area contributed by atoms with Crippen molar-refractivity contribution in [2.24, 2.45) is 0 Å². The van der Waals surface area contributed by atoms with Crippen LogP contribution in [0.15, 0.2) is 78.9 Å². The van der Waals surface area contributed by atoms with Crippen molar-refractivity contribution in [1.29, 1.82) is 0 Å². The Hall–Kier alpha value is -2.62. The molecule has 0 amide bonds. The van der Waals surface area contributed by atoms with E-state index in [4.69, 9.17) is 11.6 Å². The van der Waals surface area contributed by atoms with Gasteiger partial charge in [0, 0.05) is 17.6 Å². The second-order valence-corrected chi connectivity index (χ2v) is 6.55. The molecule has 0 saturated heterocycles.